The molecule has 0 aliphatic carbocycles. The van der Waals surface area contributed by atoms with E-state index < -0.39 is 0 Å². The number of nitrogens with two attached hydrogens (primary N) is 1. The maximum atomic E-state index is 12.3. The first-order valence-electron chi connectivity index (χ1n) is 6.43. The minimum absolute atomic E-state index is 0.104. The number of rotatable bonds is 3. The third-order valence-electron chi connectivity index (χ3n) is 3.25. The largest absolute Gasteiger partial charge is 0.337 e. The molecule has 1 fully saturated rings. The van der Waals surface area contributed by atoms with E-state index in [2.05, 4.69) is 9.88 Å². The van der Waals surface area contributed by atoms with E-state index in [0.717, 1.165) is 44.7 Å². The normalized spacial score (nSPS) is 17.5. The van der Waals surface area contributed by atoms with Crippen LogP contribution in [0.25, 0.3) is 0 Å². The molecule has 1 saturated heterocycles. The number of amides is 1. The lowest BCUT2D eigenvalue weighted by molar-refractivity contribution is 0.0761. The Labute approximate surface area is 108 Å². The van der Waals surface area contributed by atoms with E-state index in [1.807, 2.05) is 4.90 Å². The van der Waals surface area contributed by atoms with Crippen LogP contribution in [0.5, 0.6) is 0 Å². The maximum absolute atomic E-state index is 12.3. The van der Waals surface area contributed by atoms with Gasteiger partial charge in [-0.2, -0.15) is 0 Å². The van der Waals surface area contributed by atoms with Gasteiger partial charge in [0, 0.05) is 50.7 Å². The molecule has 1 aromatic heterocycles. The van der Waals surface area contributed by atoms with Crippen LogP contribution in [0.15, 0.2) is 24.5 Å². The lowest BCUT2D eigenvalue weighted by atomic mass is 10.2. The van der Waals surface area contributed by atoms with Crippen molar-refractivity contribution in [2.24, 2.45) is 5.73 Å². The Hall–Kier alpha value is -1.46. The zero-order valence-electron chi connectivity index (χ0n) is 10.6. The van der Waals surface area contributed by atoms with E-state index in [9.17, 15) is 4.79 Å². The van der Waals surface area contributed by atoms with Crippen LogP contribution in [0.1, 0.15) is 16.8 Å². The van der Waals surface area contributed by atoms with Gasteiger partial charge in [-0.1, -0.05) is 0 Å². The molecular weight excluding hydrogens is 228 g/mol. The fraction of sp³-hybridized carbons (Fsp3) is 0.538. The van der Waals surface area contributed by atoms with E-state index in [-0.39, 0.29) is 5.91 Å². The van der Waals surface area contributed by atoms with Crippen molar-refractivity contribution >= 4 is 5.91 Å². The first kappa shape index (κ1) is 13.0. The van der Waals surface area contributed by atoms with Gasteiger partial charge in [-0.3, -0.25) is 9.78 Å². The summed E-state index contributed by atoms with van der Waals surface area (Å²) >= 11 is 0. The van der Waals surface area contributed by atoms with Crippen LogP contribution >= 0.6 is 0 Å². The highest BCUT2D eigenvalue weighted by molar-refractivity contribution is 5.94. The molecule has 0 unspecified atom stereocenters. The van der Waals surface area contributed by atoms with E-state index in [1.165, 1.54) is 0 Å². The van der Waals surface area contributed by atoms with E-state index >= 15 is 0 Å². The number of carbonyl (C=O) groups excluding carboxylic acids is 1. The van der Waals surface area contributed by atoms with Crippen LogP contribution in [-0.2, 0) is 0 Å². The molecule has 0 aromatic carbocycles. The van der Waals surface area contributed by atoms with Gasteiger partial charge < -0.3 is 15.5 Å². The molecule has 2 rings (SSSR count). The highest BCUT2D eigenvalue weighted by Gasteiger charge is 2.19. The van der Waals surface area contributed by atoms with Crippen LogP contribution in [0.3, 0.4) is 0 Å². The van der Waals surface area contributed by atoms with Crippen molar-refractivity contribution in [2.75, 3.05) is 39.3 Å². The standard InChI is InChI=1S/C13H20N4O/c14-4-9-16-7-1-8-17(11-10-16)13(18)12-2-5-15-6-3-12/h2-3,5-6H,1,4,7-11,14H2. The highest BCUT2D eigenvalue weighted by atomic mass is 16.2. The average molecular weight is 248 g/mol. The van der Waals surface area contributed by atoms with Gasteiger partial charge in [-0.05, 0) is 25.1 Å². The van der Waals surface area contributed by atoms with Crippen LogP contribution in [0.4, 0.5) is 0 Å². The molecule has 98 valence electrons. The molecule has 0 atom stereocenters. The Morgan fingerprint density at radius 1 is 1.22 bits per heavy atom. The summed E-state index contributed by atoms with van der Waals surface area (Å²) in [5, 5.41) is 0. The van der Waals surface area contributed by atoms with Crippen LogP contribution in [0, 0.1) is 0 Å². The Morgan fingerprint density at radius 3 is 2.72 bits per heavy atom. The number of carbonyl (C=O) groups is 1. The van der Waals surface area contributed by atoms with Crippen molar-refractivity contribution in [3.63, 3.8) is 0 Å². The van der Waals surface area contributed by atoms with Crippen LogP contribution in [0.2, 0.25) is 0 Å². The Kier molecular flexibility index (Phi) is 4.66. The molecule has 0 radical (unpaired) electrons. The number of aromatic nitrogens is 1. The molecule has 0 bridgehead atoms. The van der Waals surface area contributed by atoms with Crippen molar-refractivity contribution in [3.05, 3.63) is 30.1 Å². The monoisotopic (exact) mass is 248 g/mol. The fourth-order valence-electron chi connectivity index (χ4n) is 2.26. The van der Waals surface area contributed by atoms with Gasteiger partial charge in [0.05, 0.1) is 0 Å². The van der Waals surface area contributed by atoms with Gasteiger partial charge in [-0.15, -0.1) is 0 Å². The van der Waals surface area contributed by atoms with E-state index in [4.69, 9.17) is 5.73 Å². The van der Waals surface area contributed by atoms with Gasteiger partial charge in [0.25, 0.3) is 5.91 Å². The second-order valence-corrected chi connectivity index (χ2v) is 4.51. The highest BCUT2D eigenvalue weighted by Crippen LogP contribution is 2.08. The number of pyridine rings is 1. The summed E-state index contributed by atoms with van der Waals surface area (Å²) in [6.07, 6.45) is 4.33. The quantitative estimate of drug-likeness (QED) is 0.829. The molecule has 1 amide bonds. The van der Waals surface area contributed by atoms with Crippen LogP contribution < -0.4 is 5.73 Å². The van der Waals surface area contributed by atoms with Gasteiger partial charge >= 0.3 is 0 Å². The number of hydrogen-bond donors (Lipinski definition) is 1. The summed E-state index contributed by atoms with van der Waals surface area (Å²) < 4.78 is 0. The fourth-order valence-corrected chi connectivity index (χ4v) is 2.26. The zero-order valence-corrected chi connectivity index (χ0v) is 10.6. The molecule has 1 aromatic rings. The molecule has 5 heteroatoms. The third-order valence-corrected chi connectivity index (χ3v) is 3.25. The van der Waals surface area contributed by atoms with Gasteiger partial charge in [0.2, 0.25) is 0 Å². The Balaban J connectivity index is 1.96. The van der Waals surface area contributed by atoms with Crippen molar-refractivity contribution in [1.29, 1.82) is 0 Å². The predicted octanol–water partition coefficient (Wildman–Crippen LogP) is 0.188. The predicted molar refractivity (Wildman–Crippen MR) is 70.3 cm³/mol. The summed E-state index contributed by atoms with van der Waals surface area (Å²) in [7, 11) is 0. The number of hydrogen-bond acceptors (Lipinski definition) is 4. The van der Waals surface area contributed by atoms with Crippen LogP contribution in [-0.4, -0.2) is 60.0 Å². The second kappa shape index (κ2) is 6.47. The molecular formula is C13H20N4O. The molecule has 18 heavy (non-hydrogen) atoms. The molecule has 0 saturated carbocycles. The molecule has 2 heterocycles. The van der Waals surface area contributed by atoms with Gasteiger partial charge in [0.1, 0.15) is 0 Å². The van der Waals surface area contributed by atoms with Crippen molar-refractivity contribution in [1.82, 2.24) is 14.8 Å². The molecule has 1 aliphatic heterocycles. The lowest BCUT2D eigenvalue weighted by Gasteiger charge is -2.21. The van der Waals surface area contributed by atoms with E-state index in [0.29, 0.717) is 6.54 Å². The van der Waals surface area contributed by atoms with Crippen molar-refractivity contribution in [3.8, 4) is 0 Å². The topological polar surface area (TPSA) is 62.5 Å². The summed E-state index contributed by atoms with van der Waals surface area (Å²) in [6, 6.07) is 3.54. The average Bonchev–Trinajstić information content (AvgIpc) is 2.65. The third kappa shape index (κ3) is 3.27. The minimum atomic E-state index is 0.104. The smallest absolute Gasteiger partial charge is 0.254 e. The molecule has 1 aliphatic rings. The van der Waals surface area contributed by atoms with E-state index in [1.54, 1.807) is 24.5 Å². The molecule has 5 nitrogen and oxygen atoms in total. The van der Waals surface area contributed by atoms with Gasteiger partial charge in [-0.25, -0.2) is 0 Å². The summed E-state index contributed by atoms with van der Waals surface area (Å²) in [6.45, 7) is 5.13. The van der Waals surface area contributed by atoms with Crippen molar-refractivity contribution in [2.45, 2.75) is 6.42 Å². The zero-order chi connectivity index (χ0) is 12.8. The second-order valence-electron chi connectivity index (χ2n) is 4.51. The Morgan fingerprint density at radius 2 is 2.00 bits per heavy atom. The molecule has 2 N–H and O–H groups in total. The summed E-state index contributed by atoms with van der Waals surface area (Å²) in [5.74, 6) is 0.104. The first-order chi connectivity index (χ1) is 8.81. The first-order valence-corrected chi connectivity index (χ1v) is 6.43. The SMILES string of the molecule is NCCN1CCCN(C(=O)c2ccncc2)CC1. The maximum Gasteiger partial charge on any atom is 0.254 e. The lowest BCUT2D eigenvalue weighted by Crippen LogP contribution is -2.36. The number of nitrogens with zero attached hydrogens (tertiary/aromatic N) is 3. The summed E-state index contributed by atoms with van der Waals surface area (Å²) in [5.41, 5.74) is 6.29. The van der Waals surface area contributed by atoms with Crippen molar-refractivity contribution < 1.29 is 4.79 Å². The molecule has 0 spiro atoms. The Bertz CT molecular complexity index is 382. The minimum Gasteiger partial charge on any atom is -0.337 e. The van der Waals surface area contributed by atoms with Gasteiger partial charge in [0.15, 0.2) is 0 Å². The summed E-state index contributed by atoms with van der Waals surface area (Å²) in [4.78, 5) is 20.4.